The number of ketones is 1. The minimum Gasteiger partial charge on any atom is -0.294 e. The number of hydrogen-bond acceptors (Lipinski definition) is 1. The first-order valence-corrected chi connectivity index (χ1v) is 5.90. The molecule has 0 fully saturated rings. The summed E-state index contributed by atoms with van der Waals surface area (Å²) in [4.78, 5) is 11.6. The first-order chi connectivity index (χ1) is 8.08. The SMILES string of the molecule is CC(=O)c1cc(Cl)ccc1-c1ccc(Cl)cc1. The summed E-state index contributed by atoms with van der Waals surface area (Å²) in [6, 6.07) is 12.7. The molecule has 0 aromatic heterocycles. The second-order valence-corrected chi connectivity index (χ2v) is 4.63. The first-order valence-electron chi connectivity index (χ1n) is 5.14. The molecule has 0 atom stereocenters. The molecule has 86 valence electrons. The molecule has 2 rings (SSSR count). The Hall–Kier alpha value is -1.31. The number of rotatable bonds is 2. The van der Waals surface area contributed by atoms with Crippen LogP contribution in [0.4, 0.5) is 0 Å². The number of halogens is 2. The van der Waals surface area contributed by atoms with Crippen molar-refractivity contribution in [3.63, 3.8) is 0 Å². The maximum atomic E-state index is 11.6. The van der Waals surface area contributed by atoms with Crippen LogP contribution in [0.1, 0.15) is 17.3 Å². The van der Waals surface area contributed by atoms with Gasteiger partial charge in [0.2, 0.25) is 0 Å². The van der Waals surface area contributed by atoms with Crippen LogP contribution in [0.5, 0.6) is 0 Å². The molecule has 3 heteroatoms. The molecular weight excluding hydrogens is 255 g/mol. The molecule has 0 heterocycles. The monoisotopic (exact) mass is 264 g/mol. The third-order valence-electron chi connectivity index (χ3n) is 2.52. The summed E-state index contributed by atoms with van der Waals surface area (Å²) in [5, 5.41) is 1.24. The van der Waals surface area contributed by atoms with E-state index in [1.165, 1.54) is 6.92 Å². The van der Waals surface area contributed by atoms with E-state index in [0.717, 1.165) is 11.1 Å². The van der Waals surface area contributed by atoms with Crippen molar-refractivity contribution >= 4 is 29.0 Å². The molecular formula is C14H10Cl2O. The normalized spacial score (nSPS) is 10.3. The highest BCUT2D eigenvalue weighted by Gasteiger charge is 2.09. The third kappa shape index (κ3) is 2.68. The van der Waals surface area contributed by atoms with Crippen molar-refractivity contribution in [3.8, 4) is 11.1 Å². The van der Waals surface area contributed by atoms with Crippen molar-refractivity contribution in [1.29, 1.82) is 0 Å². The van der Waals surface area contributed by atoms with Crippen LogP contribution in [-0.2, 0) is 0 Å². The molecule has 0 saturated carbocycles. The van der Waals surface area contributed by atoms with E-state index in [-0.39, 0.29) is 5.78 Å². The van der Waals surface area contributed by atoms with E-state index in [0.29, 0.717) is 15.6 Å². The van der Waals surface area contributed by atoms with Gasteiger partial charge in [-0.1, -0.05) is 41.4 Å². The van der Waals surface area contributed by atoms with Crippen molar-refractivity contribution in [3.05, 3.63) is 58.1 Å². The van der Waals surface area contributed by atoms with Crippen molar-refractivity contribution in [1.82, 2.24) is 0 Å². The van der Waals surface area contributed by atoms with Gasteiger partial charge < -0.3 is 0 Å². The van der Waals surface area contributed by atoms with E-state index < -0.39 is 0 Å². The van der Waals surface area contributed by atoms with Crippen molar-refractivity contribution in [2.45, 2.75) is 6.92 Å². The molecule has 0 aliphatic carbocycles. The van der Waals surface area contributed by atoms with E-state index in [1.54, 1.807) is 24.3 Å². The summed E-state index contributed by atoms with van der Waals surface area (Å²) >= 11 is 11.7. The largest absolute Gasteiger partial charge is 0.294 e. The lowest BCUT2D eigenvalue weighted by atomic mass is 9.98. The summed E-state index contributed by atoms with van der Waals surface area (Å²) < 4.78 is 0. The summed E-state index contributed by atoms with van der Waals surface area (Å²) in [6.07, 6.45) is 0. The van der Waals surface area contributed by atoms with Crippen molar-refractivity contribution in [2.24, 2.45) is 0 Å². The summed E-state index contributed by atoms with van der Waals surface area (Å²) in [7, 11) is 0. The molecule has 2 aromatic rings. The molecule has 0 spiro atoms. The molecule has 0 amide bonds. The van der Waals surface area contributed by atoms with Gasteiger partial charge in [0, 0.05) is 15.6 Å². The van der Waals surface area contributed by atoms with Gasteiger partial charge in [-0.25, -0.2) is 0 Å². The Labute approximate surface area is 110 Å². The number of Topliss-reactive ketones (excluding diaryl/α,β-unsaturated/α-hetero) is 1. The predicted octanol–water partition coefficient (Wildman–Crippen LogP) is 4.86. The Morgan fingerprint density at radius 1 is 0.941 bits per heavy atom. The van der Waals surface area contributed by atoms with Crippen LogP contribution < -0.4 is 0 Å². The number of carbonyl (C=O) groups excluding carboxylic acids is 1. The smallest absolute Gasteiger partial charge is 0.160 e. The van der Waals surface area contributed by atoms with Gasteiger partial charge in [-0.2, -0.15) is 0 Å². The lowest BCUT2D eigenvalue weighted by Crippen LogP contribution is -1.96. The molecule has 0 saturated heterocycles. The maximum absolute atomic E-state index is 11.6. The zero-order chi connectivity index (χ0) is 12.4. The van der Waals surface area contributed by atoms with Gasteiger partial charge >= 0.3 is 0 Å². The Bertz CT molecular complexity index is 559. The average molecular weight is 265 g/mol. The first kappa shape index (κ1) is 12.2. The zero-order valence-corrected chi connectivity index (χ0v) is 10.7. The zero-order valence-electron chi connectivity index (χ0n) is 9.21. The van der Waals surface area contributed by atoms with Gasteiger partial charge in [-0.3, -0.25) is 4.79 Å². The molecule has 17 heavy (non-hydrogen) atoms. The standard InChI is InChI=1S/C14H10Cl2O/c1-9(17)14-8-12(16)6-7-13(14)10-2-4-11(15)5-3-10/h2-8H,1H3. The Morgan fingerprint density at radius 3 is 2.12 bits per heavy atom. The topological polar surface area (TPSA) is 17.1 Å². The predicted molar refractivity (Wildman–Crippen MR) is 71.9 cm³/mol. The Kier molecular flexibility index (Phi) is 3.51. The Balaban J connectivity index is 2.58. The van der Waals surface area contributed by atoms with Crippen LogP contribution in [-0.4, -0.2) is 5.78 Å². The van der Waals surface area contributed by atoms with E-state index in [4.69, 9.17) is 23.2 Å². The van der Waals surface area contributed by atoms with Crippen LogP contribution in [0, 0.1) is 0 Å². The number of carbonyl (C=O) groups is 1. The van der Waals surface area contributed by atoms with Crippen LogP contribution in [0.25, 0.3) is 11.1 Å². The fourth-order valence-corrected chi connectivity index (χ4v) is 1.99. The van der Waals surface area contributed by atoms with Gasteiger partial charge in [0.1, 0.15) is 0 Å². The van der Waals surface area contributed by atoms with Gasteiger partial charge in [0.05, 0.1) is 0 Å². The molecule has 0 aliphatic heterocycles. The van der Waals surface area contributed by atoms with Crippen molar-refractivity contribution in [2.75, 3.05) is 0 Å². The number of benzene rings is 2. The van der Waals surface area contributed by atoms with E-state index in [2.05, 4.69) is 0 Å². The highest BCUT2D eigenvalue weighted by atomic mass is 35.5. The molecule has 2 aromatic carbocycles. The van der Waals surface area contributed by atoms with Crippen LogP contribution in [0.15, 0.2) is 42.5 Å². The van der Waals surface area contributed by atoms with Gasteiger partial charge in [0.25, 0.3) is 0 Å². The van der Waals surface area contributed by atoms with Gasteiger partial charge in [0.15, 0.2) is 5.78 Å². The van der Waals surface area contributed by atoms with E-state index in [1.807, 2.05) is 18.2 Å². The van der Waals surface area contributed by atoms with E-state index >= 15 is 0 Å². The van der Waals surface area contributed by atoms with Crippen LogP contribution in [0.3, 0.4) is 0 Å². The number of hydrogen-bond donors (Lipinski definition) is 0. The molecule has 0 N–H and O–H groups in total. The quantitative estimate of drug-likeness (QED) is 0.708. The molecule has 0 unspecified atom stereocenters. The minimum absolute atomic E-state index is 0.00236. The Morgan fingerprint density at radius 2 is 1.53 bits per heavy atom. The van der Waals surface area contributed by atoms with E-state index in [9.17, 15) is 4.79 Å². The van der Waals surface area contributed by atoms with Crippen LogP contribution >= 0.6 is 23.2 Å². The molecule has 0 bridgehead atoms. The van der Waals surface area contributed by atoms with Crippen LogP contribution in [0.2, 0.25) is 10.0 Å². The minimum atomic E-state index is -0.00236. The summed E-state index contributed by atoms with van der Waals surface area (Å²) in [5.41, 5.74) is 2.45. The highest BCUT2D eigenvalue weighted by Crippen LogP contribution is 2.27. The lowest BCUT2D eigenvalue weighted by Gasteiger charge is -2.07. The molecule has 1 nitrogen and oxygen atoms in total. The van der Waals surface area contributed by atoms with Gasteiger partial charge in [-0.15, -0.1) is 0 Å². The summed E-state index contributed by atoms with van der Waals surface area (Å²) in [5.74, 6) is -0.00236. The average Bonchev–Trinajstić information content (AvgIpc) is 2.30. The second-order valence-electron chi connectivity index (χ2n) is 3.75. The summed E-state index contributed by atoms with van der Waals surface area (Å²) in [6.45, 7) is 1.53. The second kappa shape index (κ2) is 4.91. The van der Waals surface area contributed by atoms with Crippen molar-refractivity contribution < 1.29 is 4.79 Å². The lowest BCUT2D eigenvalue weighted by molar-refractivity contribution is 0.101. The fraction of sp³-hybridized carbons (Fsp3) is 0.0714. The molecule has 0 radical (unpaired) electrons. The highest BCUT2D eigenvalue weighted by molar-refractivity contribution is 6.31. The molecule has 0 aliphatic rings. The third-order valence-corrected chi connectivity index (χ3v) is 3.00. The fourth-order valence-electron chi connectivity index (χ4n) is 1.69. The maximum Gasteiger partial charge on any atom is 0.160 e. The van der Waals surface area contributed by atoms with Gasteiger partial charge in [-0.05, 0) is 42.3 Å².